The van der Waals surface area contributed by atoms with Gasteiger partial charge in [0.25, 0.3) is 0 Å². The van der Waals surface area contributed by atoms with Crippen molar-refractivity contribution in [3.8, 4) is 0 Å². The molecule has 0 aromatic rings. The van der Waals surface area contributed by atoms with Gasteiger partial charge in [-0.2, -0.15) is 0 Å². The first-order valence-electron chi connectivity index (χ1n) is 10.7. The molecule has 9 heteroatoms. The molecule has 0 unspecified atom stereocenters. The van der Waals surface area contributed by atoms with E-state index in [4.69, 9.17) is 9.47 Å². The zero-order valence-electron chi connectivity index (χ0n) is 18.5. The molecule has 2 saturated carbocycles. The highest BCUT2D eigenvalue weighted by molar-refractivity contribution is 5.95. The van der Waals surface area contributed by atoms with Crippen LogP contribution in [0, 0.1) is 16.7 Å². The lowest BCUT2D eigenvalue weighted by atomic mass is 9.45. The third-order valence-electron chi connectivity index (χ3n) is 8.69. The smallest absolute Gasteiger partial charge is 0.303 e. The predicted molar refractivity (Wildman–Crippen MR) is 106 cm³/mol. The molecule has 0 aromatic carbocycles. The summed E-state index contributed by atoms with van der Waals surface area (Å²) in [5.41, 5.74) is -6.12. The average Bonchev–Trinajstić information content (AvgIpc) is 2.66. The van der Waals surface area contributed by atoms with Gasteiger partial charge in [0.05, 0.1) is 36.4 Å². The Bertz CT molecular complexity index is 865. The third kappa shape index (κ3) is 2.59. The number of Topliss-reactive ketones (excluding diaryl/α,β-unsaturated/α-hetero) is 1. The molecule has 0 spiro atoms. The van der Waals surface area contributed by atoms with Gasteiger partial charge >= 0.3 is 5.97 Å². The highest BCUT2D eigenvalue weighted by atomic mass is 16.6. The lowest BCUT2D eigenvalue weighted by molar-refractivity contribution is -0.344. The van der Waals surface area contributed by atoms with Crippen LogP contribution in [0.5, 0.6) is 0 Å². The van der Waals surface area contributed by atoms with Gasteiger partial charge in [-0.25, -0.2) is 0 Å². The molecular weight excluding hydrogens is 408 g/mol. The maximum atomic E-state index is 14.0. The molecule has 9 nitrogen and oxygen atoms in total. The molecular formula is C22H32O9. The summed E-state index contributed by atoms with van der Waals surface area (Å²) in [5.74, 6) is -2.74. The molecule has 31 heavy (non-hydrogen) atoms. The van der Waals surface area contributed by atoms with Crippen molar-refractivity contribution in [3.05, 3.63) is 11.1 Å². The number of aliphatic hydroxyl groups is 5. The summed E-state index contributed by atoms with van der Waals surface area (Å²) in [5, 5.41) is 56.7. The van der Waals surface area contributed by atoms with Crippen LogP contribution >= 0.6 is 0 Å². The Balaban J connectivity index is 2.04. The second-order valence-corrected chi connectivity index (χ2v) is 10.5. The third-order valence-corrected chi connectivity index (χ3v) is 8.69. The van der Waals surface area contributed by atoms with Crippen molar-refractivity contribution in [3.63, 3.8) is 0 Å². The zero-order chi connectivity index (χ0) is 23.3. The Kier molecular flexibility index (Phi) is 4.85. The van der Waals surface area contributed by atoms with Gasteiger partial charge < -0.3 is 35.0 Å². The van der Waals surface area contributed by atoms with E-state index in [1.54, 1.807) is 20.8 Å². The molecule has 3 fully saturated rings. The summed E-state index contributed by atoms with van der Waals surface area (Å²) < 4.78 is 10.9. The molecule has 1 heterocycles. The summed E-state index contributed by atoms with van der Waals surface area (Å²) >= 11 is 0. The van der Waals surface area contributed by atoms with Crippen LogP contribution in [0.4, 0.5) is 0 Å². The number of fused-ring (bicyclic) bond motifs is 5. The van der Waals surface area contributed by atoms with Gasteiger partial charge in [0.2, 0.25) is 0 Å². The van der Waals surface area contributed by atoms with E-state index in [0.717, 1.165) is 6.92 Å². The second-order valence-electron chi connectivity index (χ2n) is 10.5. The number of rotatable bonds is 1. The first kappa shape index (κ1) is 22.8. The predicted octanol–water partition coefficient (Wildman–Crippen LogP) is -0.783. The van der Waals surface area contributed by atoms with E-state index in [1.807, 2.05) is 0 Å². The van der Waals surface area contributed by atoms with Crippen molar-refractivity contribution in [2.45, 2.75) is 89.2 Å². The van der Waals surface area contributed by atoms with E-state index in [2.05, 4.69) is 0 Å². The number of carbonyl (C=O) groups is 2. The number of aliphatic hydroxyl groups excluding tert-OH is 3. The van der Waals surface area contributed by atoms with Crippen molar-refractivity contribution in [2.75, 3.05) is 6.61 Å². The second kappa shape index (κ2) is 6.59. The summed E-state index contributed by atoms with van der Waals surface area (Å²) in [4.78, 5) is 26.0. The van der Waals surface area contributed by atoms with E-state index >= 15 is 0 Å². The molecule has 0 aromatic heterocycles. The Morgan fingerprint density at radius 2 is 1.77 bits per heavy atom. The van der Waals surface area contributed by atoms with Gasteiger partial charge in [-0.15, -0.1) is 0 Å². The van der Waals surface area contributed by atoms with E-state index in [0.29, 0.717) is 5.57 Å². The summed E-state index contributed by atoms with van der Waals surface area (Å²) in [6.45, 7) is 7.24. The molecule has 2 bridgehead atoms. The number of hydrogen-bond donors (Lipinski definition) is 5. The summed E-state index contributed by atoms with van der Waals surface area (Å²) in [7, 11) is 0. The SMILES string of the molecule is CC(=O)O[C@H]1C(=O)[C@]2(C)[C@H](O)C[C@H]3OC[C@@]3(O)[C@H]2[C@H](O)[C@]2(O)C[C@H](O)C(C)=C1C2(C)C. The van der Waals surface area contributed by atoms with Crippen LogP contribution in [0.25, 0.3) is 0 Å². The highest BCUT2D eigenvalue weighted by Gasteiger charge is 2.75. The quantitative estimate of drug-likeness (QED) is 0.261. The molecule has 174 valence electrons. The molecule has 1 aliphatic heterocycles. The number of esters is 1. The number of ketones is 1. The van der Waals surface area contributed by atoms with Crippen LogP contribution in [0.3, 0.4) is 0 Å². The topological polar surface area (TPSA) is 154 Å². The maximum absolute atomic E-state index is 14.0. The molecule has 0 amide bonds. The van der Waals surface area contributed by atoms with E-state index in [9.17, 15) is 35.1 Å². The monoisotopic (exact) mass is 440 g/mol. The van der Waals surface area contributed by atoms with Crippen LogP contribution in [0.2, 0.25) is 0 Å². The van der Waals surface area contributed by atoms with Crippen molar-refractivity contribution < 1.29 is 44.6 Å². The van der Waals surface area contributed by atoms with Crippen molar-refractivity contribution in [1.29, 1.82) is 0 Å². The number of ether oxygens (including phenoxy) is 2. The number of hydrogen-bond acceptors (Lipinski definition) is 9. The summed E-state index contributed by atoms with van der Waals surface area (Å²) in [6, 6.07) is 0. The van der Waals surface area contributed by atoms with E-state index in [-0.39, 0.29) is 25.0 Å². The average molecular weight is 440 g/mol. The minimum absolute atomic E-state index is 0.0444. The first-order chi connectivity index (χ1) is 14.1. The summed E-state index contributed by atoms with van der Waals surface area (Å²) in [6.07, 6.45) is -6.80. The molecule has 3 aliphatic carbocycles. The largest absolute Gasteiger partial charge is 0.450 e. The van der Waals surface area contributed by atoms with Gasteiger partial charge in [-0.1, -0.05) is 13.8 Å². The fraction of sp³-hybridized carbons (Fsp3) is 0.818. The van der Waals surface area contributed by atoms with Gasteiger partial charge in [-0.3, -0.25) is 9.59 Å². The maximum Gasteiger partial charge on any atom is 0.303 e. The fourth-order valence-electron chi connectivity index (χ4n) is 6.63. The van der Waals surface area contributed by atoms with Crippen LogP contribution in [0.15, 0.2) is 11.1 Å². The standard InChI is InChI=1S/C22H32O9/c1-9-11(24)7-22(29)18(27)16-20(5,12(25)6-13-21(16,28)8-30-13)17(26)15(31-10(2)23)14(9)19(22,3)4/h11-13,15-16,18,24-25,27-29H,6-8H2,1-5H3/t11-,12+,13+,15+,16-,18-,20+,21-,22+/m0/s1. The van der Waals surface area contributed by atoms with E-state index in [1.165, 1.54) is 6.92 Å². The van der Waals surface area contributed by atoms with Gasteiger partial charge in [-0.05, 0) is 25.0 Å². The fourth-order valence-corrected chi connectivity index (χ4v) is 6.63. The molecule has 0 radical (unpaired) electrons. The van der Waals surface area contributed by atoms with Crippen LogP contribution in [-0.2, 0) is 19.1 Å². The Labute approximate surface area is 180 Å². The molecule has 9 atom stereocenters. The normalized spacial score (nSPS) is 51.1. The van der Waals surface area contributed by atoms with Gasteiger partial charge in [0, 0.05) is 31.1 Å². The minimum atomic E-state index is -1.99. The molecule has 5 N–H and O–H groups in total. The molecule has 4 rings (SSSR count). The van der Waals surface area contributed by atoms with Gasteiger partial charge in [0.15, 0.2) is 11.9 Å². The zero-order valence-corrected chi connectivity index (χ0v) is 18.5. The highest BCUT2D eigenvalue weighted by Crippen LogP contribution is 2.62. The Morgan fingerprint density at radius 3 is 2.29 bits per heavy atom. The van der Waals surface area contributed by atoms with E-state index < -0.39 is 70.2 Å². The molecule has 4 aliphatic rings. The molecule has 1 saturated heterocycles. The first-order valence-corrected chi connectivity index (χ1v) is 10.7. The van der Waals surface area contributed by atoms with Gasteiger partial charge in [0.1, 0.15) is 11.2 Å². The Morgan fingerprint density at radius 1 is 1.16 bits per heavy atom. The van der Waals surface area contributed by atoms with Crippen LogP contribution in [-0.4, -0.2) is 85.6 Å². The lowest BCUT2D eigenvalue weighted by Crippen LogP contribution is -2.80. The number of carbonyl (C=O) groups excluding carboxylic acids is 2. The lowest BCUT2D eigenvalue weighted by Gasteiger charge is -2.66. The Hall–Kier alpha value is -1.36. The van der Waals surface area contributed by atoms with Crippen LogP contribution in [0.1, 0.15) is 47.5 Å². The minimum Gasteiger partial charge on any atom is -0.450 e. The van der Waals surface area contributed by atoms with Crippen molar-refractivity contribution in [1.82, 2.24) is 0 Å². The van der Waals surface area contributed by atoms with Crippen molar-refractivity contribution >= 4 is 11.8 Å². The van der Waals surface area contributed by atoms with Crippen molar-refractivity contribution in [2.24, 2.45) is 16.7 Å². The van der Waals surface area contributed by atoms with Crippen LogP contribution < -0.4 is 0 Å².